The topological polar surface area (TPSA) is 21.7 Å². The maximum atomic E-state index is 5.55. The van der Waals surface area contributed by atoms with Crippen molar-refractivity contribution in [1.29, 1.82) is 0 Å². The van der Waals surface area contributed by atoms with E-state index in [1.165, 1.54) is 11.1 Å². The Morgan fingerprint density at radius 3 is 2.28 bits per heavy atom. The van der Waals surface area contributed by atoms with E-state index in [4.69, 9.17) is 9.47 Å². The molecule has 0 fully saturated rings. The summed E-state index contributed by atoms with van der Waals surface area (Å²) in [5, 5.41) is 0. The number of likely N-dealkylation sites (N-methyl/N-ethyl adjacent to an activating group) is 1. The molecule has 3 heteroatoms. The van der Waals surface area contributed by atoms with Gasteiger partial charge in [0.15, 0.2) is 0 Å². The summed E-state index contributed by atoms with van der Waals surface area (Å²) < 4.78 is 11.0. The summed E-state index contributed by atoms with van der Waals surface area (Å²) in [6.07, 6.45) is 0.977. The fraction of sp³-hybridized carbons (Fsp3) is 0.600. The van der Waals surface area contributed by atoms with Crippen molar-refractivity contribution in [2.45, 2.75) is 27.2 Å². The number of methoxy groups -OCH3 is 2. The van der Waals surface area contributed by atoms with Gasteiger partial charge >= 0.3 is 0 Å². The van der Waals surface area contributed by atoms with Crippen LogP contribution in [0.5, 0.6) is 11.5 Å². The minimum absolute atomic E-state index is 0.947. The van der Waals surface area contributed by atoms with E-state index in [1.54, 1.807) is 14.2 Å². The summed E-state index contributed by atoms with van der Waals surface area (Å²) in [6, 6.07) is 2.10. The minimum atomic E-state index is 0.947. The van der Waals surface area contributed by atoms with Crippen LogP contribution in [-0.4, -0.2) is 39.3 Å². The first-order chi connectivity index (χ1) is 8.54. The molecule has 0 saturated carbocycles. The van der Waals surface area contributed by atoms with E-state index < -0.39 is 0 Å². The first kappa shape index (κ1) is 14.8. The molecule has 18 heavy (non-hydrogen) atoms. The molecule has 0 heterocycles. The summed E-state index contributed by atoms with van der Waals surface area (Å²) in [6.45, 7) is 8.41. The van der Waals surface area contributed by atoms with Crippen molar-refractivity contribution in [2.75, 3.05) is 34.4 Å². The maximum Gasteiger partial charge on any atom is 0.125 e. The maximum absolute atomic E-state index is 5.55. The second-order valence-electron chi connectivity index (χ2n) is 4.67. The highest BCUT2D eigenvalue weighted by Gasteiger charge is 2.13. The van der Waals surface area contributed by atoms with Crippen LogP contribution in [0.1, 0.15) is 23.6 Å². The Kier molecular flexibility index (Phi) is 5.48. The fourth-order valence-corrected chi connectivity index (χ4v) is 2.08. The quantitative estimate of drug-likeness (QED) is 0.776. The SMILES string of the molecule is CCN(C)CCc1cc(OC)c(C)c(C)c1OC. The van der Waals surface area contributed by atoms with E-state index in [9.17, 15) is 0 Å². The zero-order chi connectivity index (χ0) is 13.7. The highest BCUT2D eigenvalue weighted by Crippen LogP contribution is 2.33. The standard InChI is InChI=1S/C15H25NO2/c1-7-16(4)9-8-13-10-14(17-5)11(2)12(3)15(13)18-6/h10H,7-9H2,1-6H3. The molecule has 0 unspecified atom stereocenters. The lowest BCUT2D eigenvalue weighted by Gasteiger charge is -2.19. The summed E-state index contributed by atoms with van der Waals surface area (Å²) in [4.78, 5) is 2.29. The second-order valence-corrected chi connectivity index (χ2v) is 4.67. The van der Waals surface area contributed by atoms with Gasteiger partial charge in [-0.3, -0.25) is 0 Å². The number of hydrogen-bond donors (Lipinski definition) is 0. The second kappa shape index (κ2) is 6.64. The molecule has 1 aromatic rings. The molecule has 102 valence electrons. The first-order valence-corrected chi connectivity index (χ1v) is 6.44. The molecular formula is C15H25NO2. The smallest absolute Gasteiger partial charge is 0.125 e. The molecule has 0 radical (unpaired) electrons. The molecule has 1 aromatic carbocycles. The zero-order valence-corrected chi connectivity index (χ0v) is 12.5. The largest absolute Gasteiger partial charge is 0.496 e. The molecule has 0 N–H and O–H groups in total. The molecule has 0 spiro atoms. The molecule has 0 saturated heterocycles. The third-order valence-electron chi connectivity index (χ3n) is 3.60. The van der Waals surface area contributed by atoms with Crippen LogP contribution in [0.15, 0.2) is 6.07 Å². The molecular weight excluding hydrogens is 226 g/mol. The van der Waals surface area contributed by atoms with Gasteiger partial charge in [0.25, 0.3) is 0 Å². The molecule has 0 aromatic heterocycles. The van der Waals surface area contributed by atoms with Crippen LogP contribution in [-0.2, 0) is 6.42 Å². The Bertz CT molecular complexity index is 402. The van der Waals surface area contributed by atoms with Crippen LogP contribution in [0.3, 0.4) is 0 Å². The van der Waals surface area contributed by atoms with Crippen molar-refractivity contribution in [2.24, 2.45) is 0 Å². The average molecular weight is 251 g/mol. The third kappa shape index (κ3) is 3.16. The molecule has 1 rings (SSSR count). The van der Waals surface area contributed by atoms with Gasteiger partial charge in [0.1, 0.15) is 11.5 Å². The molecule has 0 aliphatic heterocycles. The highest BCUT2D eigenvalue weighted by atomic mass is 16.5. The Hall–Kier alpha value is -1.22. The van der Waals surface area contributed by atoms with Gasteiger partial charge < -0.3 is 14.4 Å². The van der Waals surface area contributed by atoms with E-state index in [-0.39, 0.29) is 0 Å². The molecule has 0 bridgehead atoms. The van der Waals surface area contributed by atoms with Gasteiger partial charge in [0, 0.05) is 6.54 Å². The van der Waals surface area contributed by atoms with Crippen LogP contribution < -0.4 is 9.47 Å². The lowest BCUT2D eigenvalue weighted by atomic mass is 10.0. The highest BCUT2D eigenvalue weighted by molar-refractivity contribution is 5.52. The van der Waals surface area contributed by atoms with Crippen LogP contribution in [0.2, 0.25) is 0 Å². The zero-order valence-electron chi connectivity index (χ0n) is 12.5. The Morgan fingerprint density at radius 1 is 1.11 bits per heavy atom. The van der Waals surface area contributed by atoms with Gasteiger partial charge in [-0.25, -0.2) is 0 Å². The van der Waals surface area contributed by atoms with Crippen LogP contribution in [0.25, 0.3) is 0 Å². The minimum Gasteiger partial charge on any atom is -0.496 e. The van der Waals surface area contributed by atoms with Gasteiger partial charge in [-0.05, 0) is 56.6 Å². The van der Waals surface area contributed by atoms with E-state index in [1.807, 2.05) is 0 Å². The van der Waals surface area contributed by atoms with E-state index in [0.29, 0.717) is 0 Å². The monoisotopic (exact) mass is 251 g/mol. The summed E-state index contributed by atoms with van der Waals surface area (Å²) in [5.74, 6) is 1.94. The Labute approximate surface area is 111 Å². The van der Waals surface area contributed by atoms with Crippen LogP contribution in [0, 0.1) is 13.8 Å². The Balaban J connectivity index is 3.05. The van der Waals surface area contributed by atoms with Crippen molar-refractivity contribution in [3.63, 3.8) is 0 Å². The summed E-state index contributed by atoms with van der Waals surface area (Å²) in [5.41, 5.74) is 3.55. The first-order valence-electron chi connectivity index (χ1n) is 6.44. The van der Waals surface area contributed by atoms with E-state index in [0.717, 1.165) is 36.6 Å². The van der Waals surface area contributed by atoms with Crippen molar-refractivity contribution >= 4 is 0 Å². The number of hydrogen-bond acceptors (Lipinski definition) is 3. The summed E-state index contributed by atoms with van der Waals surface area (Å²) >= 11 is 0. The molecule has 3 nitrogen and oxygen atoms in total. The molecule has 0 atom stereocenters. The van der Waals surface area contributed by atoms with Crippen molar-refractivity contribution in [3.8, 4) is 11.5 Å². The van der Waals surface area contributed by atoms with Gasteiger partial charge in [0.05, 0.1) is 14.2 Å². The van der Waals surface area contributed by atoms with Gasteiger partial charge in [0.2, 0.25) is 0 Å². The van der Waals surface area contributed by atoms with Crippen molar-refractivity contribution in [1.82, 2.24) is 4.90 Å². The Morgan fingerprint density at radius 2 is 1.78 bits per heavy atom. The normalized spacial score (nSPS) is 10.8. The number of ether oxygens (including phenoxy) is 2. The lowest BCUT2D eigenvalue weighted by molar-refractivity contribution is 0.350. The molecule has 0 aliphatic rings. The number of rotatable bonds is 6. The van der Waals surface area contributed by atoms with Gasteiger partial charge in [-0.1, -0.05) is 6.92 Å². The predicted molar refractivity (Wildman–Crippen MR) is 75.9 cm³/mol. The van der Waals surface area contributed by atoms with Gasteiger partial charge in [-0.15, -0.1) is 0 Å². The number of nitrogens with zero attached hydrogens (tertiary/aromatic N) is 1. The third-order valence-corrected chi connectivity index (χ3v) is 3.60. The molecule has 0 aliphatic carbocycles. The summed E-state index contributed by atoms with van der Waals surface area (Å²) in [7, 11) is 5.59. The average Bonchev–Trinajstić information content (AvgIpc) is 2.39. The molecule has 0 amide bonds. The van der Waals surface area contributed by atoms with Gasteiger partial charge in [-0.2, -0.15) is 0 Å². The van der Waals surface area contributed by atoms with E-state index in [2.05, 4.69) is 38.8 Å². The van der Waals surface area contributed by atoms with E-state index >= 15 is 0 Å². The van der Waals surface area contributed by atoms with Crippen molar-refractivity contribution < 1.29 is 9.47 Å². The predicted octanol–water partition coefficient (Wildman–Crippen LogP) is 2.81. The lowest BCUT2D eigenvalue weighted by Crippen LogP contribution is -2.20. The van der Waals surface area contributed by atoms with Crippen molar-refractivity contribution in [3.05, 3.63) is 22.8 Å². The van der Waals surface area contributed by atoms with Crippen LogP contribution in [0.4, 0.5) is 0 Å². The number of benzene rings is 1. The van der Waals surface area contributed by atoms with Crippen LogP contribution >= 0.6 is 0 Å². The fourth-order valence-electron chi connectivity index (χ4n) is 2.08.